The van der Waals surface area contributed by atoms with E-state index < -0.39 is 0 Å². The van der Waals surface area contributed by atoms with Crippen LogP contribution in [0.3, 0.4) is 0 Å². The molecule has 0 N–H and O–H groups in total. The summed E-state index contributed by atoms with van der Waals surface area (Å²) in [6, 6.07) is 0.289. The summed E-state index contributed by atoms with van der Waals surface area (Å²) in [5.41, 5.74) is 0.475. The number of amides is 2. The zero-order chi connectivity index (χ0) is 15.7. The minimum Gasteiger partial charge on any atom is -0.342 e. The fraction of sp³-hybridized carbons (Fsp3) is 0.688. The van der Waals surface area contributed by atoms with Gasteiger partial charge in [0.1, 0.15) is 5.69 Å². The lowest BCUT2D eigenvalue weighted by molar-refractivity contribution is -0.133. The van der Waals surface area contributed by atoms with E-state index in [-0.39, 0.29) is 23.8 Å². The molecule has 2 aliphatic rings. The van der Waals surface area contributed by atoms with E-state index in [0.717, 1.165) is 32.4 Å². The van der Waals surface area contributed by atoms with Gasteiger partial charge in [0, 0.05) is 38.4 Å². The Labute approximate surface area is 131 Å². The molecule has 0 radical (unpaired) electrons. The van der Waals surface area contributed by atoms with E-state index >= 15 is 0 Å². The molecule has 3 rings (SSSR count). The summed E-state index contributed by atoms with van der Waals surface area (Å²) in [7, 11) is 0. The summed E-state index contributed by atoms with van der Waals surface area (Å²) in [5.74, 6) is 0.130. The van der Waals surface area contributed by atoms with Crippen LogP contribution >= 0.6 is 0 Å². The van der Waals surface area contributed by atoms with Gasteiger partial charge in [-0.05, 0) is 33.1 Å². The van der Waals surface area contributed by atoms with Crippen LogP contribution < -0.4 is 0 Å². The molecule has 1 unspecified atom stereocenters. The Bertz CT molecular complexity index is 560. The first-order chi connectivity index (χ1) is 10.6. The molecule has 1 atom stereocenters. The third-order valence-corrected chi connectivity index (χ3v) is 4.66. The quantitative estimate of drug-likeness (QED) is 0.851. The number of carbonyl (C=O) groups is 2. The highest BCUT2D eigenvalue weighted by atomic mass is 16.2. The number of aromatic nitrogens is 2. The second-order valence-electron chi connectivity index (χ2n) is 6.57. The van der Waals surface area contributed by atoms with Crippen molar-refractivity contribution in [3.63, 3.8) is 0 Å². The van der Waals surface area contributed by atoms with Gasteiger partial charge in [-0.15, -0.1) is 0 Å². The zero-order valence-corrected chi connectivity index (χ0v) is 13.4. The van der Waals surface area contributed by atoms with E-state index in [1.165, 1.54) is 0 Å². The van der Waals surface area contributed by atoms with Crippen LogP contribution in [0.4, 0.5) is 0 Å². The molecule has 120 valence electrons. The first-order valence-electron chi connectivity index (χ1n) is 8.18. The van der Waals surface area contributed by atoms with Gasteiger partial charge < -0.3 is 14.4 Å². The van der Waals surface area contributed by atoms with Crippen molar-refractivity contribution in [2.45, 2.75) is 39.2 Å². The fourth-order valence-corrected chi connectivity index (χ4v) is 3.23. The van der Waals surface area contributed by atoms with Crippen molar-refractivity contribution in [1.29, 1.82) is 0 Å². The van der Waals surface area contributed by atoms with Crippen LogP contribution in [0.5, 0.6) is 0 Å². The largest absolute Gasteiger partial charge is 0.342 e. The van der Waals surface area contributed by atoms with Crippen molar-refractivity contribution < 1.29 is 9.59 Å². The summed E-state index contributed by atoms with van der Waals surface area (Å²) >= 11 is 0. The summed E-state index contributed by atoms with van der Waals surface area (Å²) in [4.78, 5) is 32.8. The highest BCUT2D eigenvalue weighted by Gasteiger charge is 2.35. The molecule has 0 bridgehead atoms. The molecule has 0 saturated carbocycles. The van der Waals surface area contributed by atoms with E-state index in [4.69, 9.17) is 0 Å². The number of carbonyl (C=O) groups excluding carboxylic acids is 2. The lowest BCUT2D eigenvalue weighted by Gasteiger charge is -2.20. The normalized spacial score (nSPS) is 21.9. The average Bonchev–Trinajstić information content (AvgIpc) is 3.25. The molecule has 0 spiro atoms. The van der Waals surface area contributed by atoms with Crippen molar-refractivity contribution in [2.24, 2.45) is 5.92 Å². The van der Waals surface area contributed by atoms with Gasteiger partial charge in [0.15, 0.2) is 0 Å². The molecule has 2 saturated heterocycles. The topological polar surface area (TPSA) is 58.4 Å². The Balaban J connectivity index is 1.61. The second-order valence-corrected chi connectivity index (χ2v) is 6.57. The molecule has 0 aliphatic carbocycles. The van der Waals surface area contributed by atoms with Crippen LogP contribution in [0.2, 0.25) is 0 Å². The van der Waals surface area contributed by atoms with Crippen LogP contribution in [0, 0.1) is 5.92 Å². The molecule has 6 nitrogen and oxygen atoms in total. The molecular formula is C16H24N4O2. The standard InChI is InChI=1S/C16H24N4O2/c1-12(2)20-10-14(17-11-20)16(22)19-8-5-13(9-19)15(21)18-6-3-4-7-18/h10-13H,3-9H2,1-2H3. The highest BCUT2D eigenvalue weighted by Crippen LogP contribution is 2.22. The van der Waals surface area contributed by atoms with Crippen LogP contribution in [-0.2, 0) is 4.79 Å². The Morgan fingerprint density at radius 3 is 2.55 bits per heavy atom. The van der Waals surface area contributed by atoms with Crippen molar-refractivity contribution in [3.8, 4) is 0 Å². The maximum Gasteiger partial charge on any atom is 0.274 e. The Hall–Kier alpha value is -1.85. The Morgan fingerprint density at radius 2 is 1.91 bits per heavy atom. The number of hydrogen-bond donors (Lipinski definition) is 0. The minimum absolute atomic E-state index is 0.0331. The molecule has 1 aromatic heterocycles. The third-order valence-electron chi connectivity index (χ3n) is 4.66. The van der Waals surface area contributed by atoms with Gasteiger partial charge in [-0.3, -0.25) is 9.59 Å². The number of rotatable bonds is 3. The van der Waals surface area contributed by atoms with Gasteiger partial charge >= 0.3 is 0 Å². The number of nitrogens with zero attached hydrogens (tertiary/aromatic N) is 4. The zero-order valence-electron chi connectivity index (χ0n) is 13.4. The second kappa shape index (κ2) is 6.10. The van der Waals surface area contributed by atoms with Crippen LogP contribution in [0.25, 0.3) is 0 Å². The average molecular weight is 304 g/mol. The first kappa shape index (κ1) is 15.1. The van der Waals surface area contributed by atoms with E-state index in [2.05, 4.69) is 18.8 Å². The van der Waals surface area contributed by atoms with Gasteiger partial charge in [-0.1, -0.05) is 0 Å². The number of likely N-dealkylation sites (tertiary alicyclic amines) is 2. The van der Waals surface area contributed by atoms with Gasteiger partial charge in [-0.25, -0.2) is 4.98 Å². The first-order valence-corrected chi connectivity index (χ1v) is 8.18. The summed E-state index contributed by atoms with van der Waals surface area (Å²) < 4.78 is 1.93. The molecule has 6 heteroatoms. The minimum atomic E-state index is -0.0591. The molecule has 1 aromatic rings. The fourth-order valence-electron chi connectivity index (χ4n) is 3.23. The molecule has 0 aromatic carbocycles. The predicted octanol–water partition coefficient (Wildman–Crippen LogP) is 1.55. The van der Waals surface area contributed by atoms with Crippen molar-refractivity contribution in [2.75, 3.05) is 26.2 Å². The van der Waals surface area contributed by atoms with Gasteiger partial charge in [0.2, 0.25) is 5.91 Å². The van der Waals surface area contributed by atoms with E-state index in [1.807, 2.05) is 9.47 Å². The summed E-state index contributed by atoms with van der Waals surface area (Å²) in [5, 5.41) is 0. The molecule has 2 fully saturated rings. The molecule has 2 aliphatic heterocycles. The lowest BCUT2D eigenvalue weighted by atomic mass is 10.1. The molecular weight excluding hydrogens is 280 g/mol. The Kier molecular flexibility index (Phi) is 4.18. The number of hydrogen-bond acceptors (Lipinski definition) is 3. The van der Waals surface area contributed by atoms with Crippen molar-refractivity contribution in [1.82, 2.24) is 19.4 Å². The van der Waals surface area contributed by atoms with E-state index in [1.54, 1.807) is 17.4 Å². The lowest BCUT2D eigenvalue weighted by Crippen LogP contribution is -2.36. The van der Waals surface area contributed by atoms with Crippen molar-refractivity contribution >= 4 is 11.8 Å². The van der Waals surface area contributed by atoms with Crippen LogP contribution in [0.15, 0.2) is 12.5 Å². The molecule has 2 amide bonds. The van der Waals surface area contributed by atoms with E-state index in [0.29, 0.717) is 18.8 Å². The van der Waals surface area contributed by atoms with Crippen LogP contribution in [-0.4, -0.2) is 57.3 Å². The monoisotopic (exact) mass is 304 g/mol. The summed E-state index contributed by atoms with van der Waals surface area (Å²) in [6.45, 7) is 7.04. The summed E-state index contributed by atoms with van der Waals surface area (Å²) in [6.07, 6.45) is 6.47. The number of imidazole rings is 1. The van der Waals surface area contributed by atoms with Gasteiger partial charge in [-0.2, -0.15) is 0 Å². The SMILES string of the molecule is CC(C)n1cnc(C(=O)N2CCC(C(=O)N3CCCC3)C2)c1. The maximum absolute atomic E-state index is 12.5. The van der Waals surface area contributed by atoms with Crippen LogP contribution in [0.1, 0.15) is 49.6 Å². The molecule has 22 heavy (non-hydrogen) atoms. The smallest absolute Gasteiger partial charge is 0.274 e. The van der Waals surface area contributed by atoms with E-state index in [9.17, 15) is 9.59 Å². The molecule has 3 heterocycles. The third kappa shape index (κ3) is 2.87. The van der Waals surface area contributed by atoms with Crippen molar-refractivity contribution in [3.05, 3.63) is 18.2 Å². The van der Waals surface area contributed by atoms with Gasteiger partial charge in [0.25, 0.3) is 5.91 Å². The van der Waals surface area contributed by atoms with Gasteiger partial charge in [0.05, 0.1) is 12.2 Å². The Morgan fingerprint density at radius 1 is 1.18 bits per heavy atom. The maximum atomic E-state index is 12.5. The predicted molar refractivity (Wildman–Crippen MR) is 82.4 cm³/mol. The highest BCUT2D eigenvalue weighted by molar-refractivity contribution is 5.93.